The molecule has 0 aromatic heterocycles. The van der Waals surface area contributed by atoms with Gasteiger partial charge in [0.25, 0.3) is 0 Å². The third-order valence-electron chi connectivity index (χ3n) is 10.7. The van der Waals surface area contributed by atoms with Crippen molar-refractivity contribution in [2.75, 3.05) is 31.2 Å². The molecule has 3 atom stereocenters. The number of ether oxygens (including phenoxy) is 2. The van der Waals surface area contributed by atoms with Crippen LogP contribution in [-0.2, 0) is 37.0 Å². The molecule has 3 saturated heterocycles. The molecule has 2 amide bonds. The molecule has 1 spiro atoms. The van der Waals surface area contributed by atoms with E-state index in [1.165, 1.54) is 0 Å². The minimum absolute atomic E-state index is 0.0208. The van der Waals surface area contributed by atoms with Crippen LogP contribution in [-0.4, -0.2) is 70.8 Å². The summed E-state index contributed by atoms with van der Waals surface area (Å²) in [6.07, 6.45) is 0.958. The summed E-state index contributed by atoms with van der Waals surface area (Å²) in [6.45, 7) is 3.07. The van der Waals surface area contributed by atoms with Crippen molar-refractivity contribution in [2.45, 2.75) is 69.3 Å². The highest BCUT2D eigenvalue weighted by Crippen LogP contribution is 2.40. The summed E-state index contributed by atoms with van der Waals surface area (Å²) in [4.78, 5) is 40.7. The average Bonchev–Trinajstić information content (AvgIpc) is 3.51. The van der Waals surface area contributed by atoms with E-state index in [-0.39, 0.29) is 43.5 Å². The number of hydrogen-bond donors (Lipinski definition) is 4. The van der Waals surface area contributed by atoms with Gasteiger partial charge in [0.2, 0.25) is 11.8 Å². The van der Waals surface area contributed by atoms with Crippen molar-refractivity contribution in [2.24, 2.45) is 0 Å². The Morgan fingerprint density at radius 2 is 1.57 bits per heavy atom. The fraction of sp³-hybridized carbons (Fsp3) is 0.357. The molecule has 0 saturated carbocycles. The van der Waals surface area contributed by atoms with E-state index in [0.717, 1.165) is 65.0 Å². The Bertz CT molecular complexity index is 1880. The maximum atomic E-state index is 13.2. The van der Waals surface area contributed by atoms with Crippen LogP contribution in [0.5, 0.6) is 0 Å². The number of aliphatic carboxylic acids is 1. The van der Waals surface area contributed by atoms with Gasteiger partial charge in [-0.05, 0) is 58.9 Å². The van der Waals surface area contributed by atoms with Crippen LogP contribution < -0.4 is 15.5 Å². The Morgan fingerprint density at radius 1 is 0.830 bits per heavy atom. The highest BCUT2D eigenvalue weighted by Gasteiger charge is 2.50. The summed E-state index contributed by atoms with van der Waals surface area (Å²) in [6, 6.07) is 34.1. The molecule has 0 radical (unpaired) electrons. The van der Waals surface area contributed by atoms with Crippen molar-refractivity contribution in [3.63, 3.8) is 0 Å². The minimum Gasteiger partial charge on any atom is -0.481 e. The lowest BCUT2D eigenvalue weighted by Crippen LogP contribution is -2.57. The summed E-state index contributed by atoms with van der Waals surface area (Å²) in [7, 11) is 0. The average molecular weight is 719 g/mol. The van der Waals surface area contributed by atoms with Crippen molar-refractivity contribution < 1.29 is 34.1 Å². The van der Waals surface area contributed by atoms with Gasteiger partial charge in [-0.25, -0.2) is 0 Å². The highest BCUT2D eigenvalue weighted by atomic mass is 16.7. The predicted octanol–water partition coefficient (Wildman–Crippen LogP) is 5.30. The van der Waals surface area contributed by atoms with Crippen LogP contribution in [0.4, 0.5) is 5.69 Å². The van der Waals surface area contributed by atoms with Crippen molar-refractivity contribution in [1.82, 2.24) is 15.5 Å². The lowest BCUT2D eigenvalue weighted by Gasteiger charge is -2.45. The number of likely N-dealkylation sites (tertiary alicyclic amines) is 1. The van der Waals surface area contributed by atoms with E-state index in [1.54, 1.807) is 0 Å². The van der Waals surface area contributed by atoms with Crippen molar-refractivity contribution in [3.05, 3.63) is 125 Å². The number of amides is 2. The first kappa shape index (κ1) is 36.3. The van der Waals surface area contributed by atoms with E-state index in [0.29, 0.717) is 26.2 Å². The zero-order valence-electron chi connectivity index (χ0n) is 29.7. The fourth-order valence-electron chi connectivity index (χ4n) is 7.66. The van der Waals surface area contributed by atoms with E-state index in [9.17, 15) is 19.5 Å². The monoisotopic (exact) mass is 718 g/mol. The third-order valence-corrected chi connectivity index (χ3v) is 10.7. The van der Waals surface area contributed by atoms with Gasteiger partial charge in [0.05, 0.1) is 31.9 Å². The smallest absolute Gasteiger partial charge is 0.303 e. The summed E-state index contributed by atoms with van der Waals surface area (Å²) in [5.74, 6) is -1.19. The van der Waals surface area contributed by atoms with E-state index in [2.05, 4.69) is 32.6 Å². The van der Waals surface area contributed by atoms with E-state index < -0.39 is 17.8 Å². The largest absolute Gasteiger partial charge is 0.481 e. The summed E-state index contributed by atoms with van der Waals surface area (Å²) >= 11 is 0. The summed E-state index contributed by atoms with van der Waals surface area (Å²) < 4.78 is 13.3. The second-order valence-corrected chi connectivity index (χ2v) is 14.1. The molecule has 3 heterocycles. The van der Waals surface area contributed by atoms with Gasteiger partial charge >= 0.3 is 5.97 Å². The number of carboxylic acids is 1. The first-order valence-electron chi connectivity index (χ1n) is 18.3. The zero-order valence-corrected chi connectivity index (χ0v) is 29.7. The van der Waals surface area contributed by atoms with Crippen LogP contribution in [0, 0.1) is 0 Å². The number of anilines is 1. The minimum atomic E-state index is -0.996. The lowest BCUT2D eigenvalue weighted by molar-refractivity contribution is -0.253. The molecule has 276 valence electrons. The van der Waals surface area contributed by atoms with Gasteiger partial charge in [-0.2, -0.15) is 0 Å². The van der Waals surface area contributed by atoms with Crippen LogP contribution in [0.15, 0.2) is 103 Å². The molecular weight excluding hydrogens is 672 g/mol. The van der Waals surface area contributed by atoms with Crippen LogP contribution in [0.1, 0.15) is 66.8 Å². The van der Waals surface area contributed by atoms with Gasteiger partial charge in [-0.15, -0.1) is 0 Å². The zero-order chi connectivity index (χ0) is 36.8. The second kappa shape index (κ2) is 16.3. The molecule has 3 fully saturated rings. The number of aliphatic hydroxyl groups excluding tert-OH is 1. The first-order valence-corrected chi connectivity index (χ1v) is 18.3. The number of carbonyl (C=O) groups excluding carboxylic acids is 2. The maximum absolute atomic E-state index is 13.2. The van der Waals surface area contributed by atoms with Crippen LogP contribution in [0.2, 0.25) is 0 Å². The summed E-state index contributed by atoms with van der Waals surface area (Å²) in [5, 5.41) is 24.3. The van der Waals surface area contributed by atoms with Gasteiger partial charge in [0.15, 0.2) is 6.29 Å². The maximum Gasteiger partial charge on any atom is 0.303 e. The molecule has 0 bridgehead atoms. The number of para-hydroxylation sites is 1. The standard InChI is InChI=1S/C42H46N4O7/c47-27-29-9-11-32(12-10-29)37-24-36(26-45-21-19-42(20-22-45)41(51)44-28-46(42)35-7-2-1-3-8-35)52-40(53-37)33-15-13-31(14-16-33)34-6-4-5-30(23-34)25-43-38(48)17-18-39(49)50/h1-16,23,36-37,40,47H,17-22,24-28H2,(H,43,48)(H,44,51)(H,49,50)/t36-,37+,40+/m0/s1. The van der Waals surface area contributed by atoms with Crippen LogP contribution in [0.25, 0.3) is 11.1 Å². The Hall–Kier alpha value is -5.07. The van der Waals surface area contributed by atoms with E-state index >= 15 is 0 Å². The Kier molecular flexibility index (Phi) is 11.2. The number of piperidine rings is 1. The fourth-order valence-corrected chi connectivity index (χ4v) is 7.66. The molecular formula is C42H46N4O7. The number of rotatable bonds is 12. The topological polar surface area (TPSA) is 141 Å². The molecule has 53 heavy (non-hydrogen) atoms. The number of carboxylic acid groups (broad SMARTS) is 1. The molecule has 0 aliphatic carbocycles. The highest BCUT2D eigenvalue weighted by molar-refractivity contribution is 5.93. The molecule has 7 rings (SSSR count). The number of nitrogens with zero attached hydrogens (tertiary/aromatic N) is 2. The number of benzene rings is 4. The van der Waals surface area contributed by atoms with E-state index in [4.69, 9.17) is 14.6 Å². The van der Waals surface area contributed by atoms with Gasteiger partial charge in [-0.3, -0.25) is 14.4 Å². The molecule has 4 N–H and O–H groups in total. The molecule has 4 aromatic rings. The van der Waals surface area contributed by atoms with Crippen molar-refractivity contribution >= 4 is 23.5 Å². The lowest BCUT2D eigenvalue weighted by atomic mass is 9.85. The summed E-state index contributed by atoms with van der Waals surface area (Å²) in [5.41, 5.74) is 6.18. The van der Waals surface area contributed by atoms with Gasteiger partial charge in [0, 0.05) is 50.3 Å². The molecule has 11 nitrogen and oxygen atoms in total. The van der Waals surface area contributed by atoms with Crippen LogP contribution >= 0.6 is 0 Å². The first-order chi connectivity index (χ1) is 25.8. The van der Waals surface area contributed by atoms with Crippen molar-refractivity contribution in [3.8, 4) is 11.1 Å². The molecule has 0 unspecified atom stereocenters. The molecule has 11 heteroatoms. The van der Waals surface area contributed by atoms with Crippen molar-refractivity contribution in [1.29, 1.82) is 0 Å². The normalized spacial score (nSPS) is 21.3. The Morgan fingerprint density at radius 3 is 2.28 bits per heavy atom. The Labute approximate surface area is 309 Å². The molecule has 3 aliphatic rings. The van der Waals surface area contributed by atoms with Crippen LogP contribution in [0.3, 0.4) is 0 Å². The number of nitrogens with one attached hydrogen (secondary N) is 2. The van der Waals surface area contributed by atoms with Gasteiger partial charge in [-0.1, -0.05) is 84.9 Å². The van der Waals surface area contributed by atoms with Gasteiger partial charge in [0.1, 0.15) is 5.54 Å². The quantitative estimate of drug-likeness (QED) is 0.154. The number of hydrogen-bond acceptors (Lipinski definition) is 8. The predicted molar refractivity (Wildman–Crippen MR) is 199 cm³/mol. The number of aliphatic hydroxyl groups is 1. The van der Waals surface area contributed by atoms with Gasteiger partial charge < -0.3 is 40.1 Å². The third kappa shape index (κ3) is 8.44. The van der Waals surface area contributed by atoms with E-state index in [1.807, 2.05) is 91.0 Å². The SMILES string of the molecule is O=C(O)CCC(=O)NCc1cccc(-c2ccc([C@@H]3O[C@H](CN4CCC5(CC4)C(=O)NCN5c4ccccc4)C[C@H](c4ccc(CO)cc4)O3)cc2)c1. The Balaban J connectivity index is 1.03. The second-order valence-electron chi connectivity index (χ2n) is 14.1. The molecule has 4 aromatic carbocycles. The number of carbonyl (C=O) groups is 3. The molecule has 3 aliphatic heterocycles.